The van der Waals surface area contributed by atoms with Gasteiger partial charge in [-0.05, 0) is 31.5 Å². The van der Waals surface area contributed by atoms with E-state index >= 15 is 0 Å². The Balaban J connectivity index is 1.99. The number of amides is 1. The molecular weight excluding hydrogens is 390 g/mol. The highest BCUT2D eigenvalue weighted by molar-refractivity contribution is 6.31. The van der Waals surface area contributed by atoms with Gasteiger partial charge in [0.1, 0.15) is 12.4 Å². The molecule has 150 valence electrons. The lowest BCUT2D eigenvalue weighted by molar-refractivity contribution is -0.116. The van der Waals surface area contributed by atoms with E-state index in [9.17, 15) is 14.7 Å². The molecule has 0 fully saturated rings. The van der Waals surface area contributed by atoms with Crippen molar-refractivity contribution in [2.24, 2.45) is 0 Å². The minimum absolute atomic E-state index is 0.170. The van der Waals surface area contributed by atoms with Crippen LogP contribution in [0.1, 0.15) is 16.8 Å². The molecule has 0 saturated carbocycles. The molecule has 0 unspecified atom stereocenters. The van der Waals surface area contributed by atoms with Crippen molar-refractivity contribution in [3.8, 4) is 11.4 Å². The van der Waals surface area contributed by atoms with Gasteiger partial charge in [-0.15, -0.1) is 0 Å². The molecule has 7 heteroatoms. The van der Waals surface area contributed by atoms with Crippen molar-refractivity contribution in [3.05, 3.63) is 80.7 Å². The highest BCUT2D eigenvalue weighted by Crippen LogP contribution is 2.21. The van der Waals surface area contributed by atoms with Crippen molar-refractivity contribution >= 4 is 23.2 Å². The van der Waals surface area contributed by atoms with Gasteiger partial charge in [0.15, 0.2) is 0 Å². The first-order valence-electron chi connectivity index (χ1n) is 9.23. The monoisotopic (exact) mass is 411 g/mol. The number of aliphatic hydroxyl groups is 1. The molecule has 1 aromatic heterocycles. The lowest BCUT2D eigenvalue weighted by atomic mass is 10.1. The highest BCUT2D eigenvalue weighted by Gasteiger charge is 2.17. The van der Waals surface area contributed by atoms with Crippen molar-refractivity contribution in [3.63, 3.8) is 0 Å². The summed E-state index contributed by atoms with van der Waals surface area (Å²) in [5.74, 6) is 0.0386. The van der Waals surface area contributed by atoms with Gasteiger partial charge in [-0.2, -0.15) is 0 Å². The predicted octanol–water partition coefficient (Wildman–Crippen LogP) is 3.35. The van der Waals surface area contributed by atoms with Crippen LogP contribution in [-0.2, 0) is 17.8 Å². The molecule has 0 atom stereocenters. The Bertz CT molecular complexity index is 1090. The number of nitrogens with one attached hydrogen (secondary N) is 1. The smallest absolute Gasteiger partial charge is 0.257 e. The van der Waals surface area contributed by atoms with Crippen molar-refractivity contribution in [1.82, 2.24) is 9.55 Å². The number of hydrogen-bond donors (Lipinski definition) is 2. The van der Waals surface area contributed by atoms with Crippen LogP contribution in [0.2, 0.25) is 5.02 Å². The van der Waals surface area contributed by atoms with Crippen molar-refractivity contribution in [2.45, 2.75) is 26.8 Å². The average molecular weight is 412 g/mol. The fourth-order valence-corrected chi connectivity index (χ4v) is 3.25. The van der Waals surface area contributed by atoms with Gasteiger partial charge in [0, 0.05) is 40.6 Å². The molecule has 3 aromatic rings. The Labute approximate surface area is 173 Å². The molecule has 0 aliphatic rings. The van der Waals surface area contributed by atoms with Gasteiger partial charge >= 0.3 is 0 Å². The molecule has 0 saturated heterocycles. The number of hydrogen-bond acceptors (Lipinski definition) is 4. The van der Waals surface area contributed by atoms with Gasteiger partial charge in [0.05, 0.1) is 0 Å². The lowest BCUT2D eigenvalue weighted by Gasteiger charge is -2.16. The van der Waals surface area contributed by atoms with Crippen LogP contribution in [0.4, 0.5) is 5.69 Å². The normalized spacial score (nSPS) is 10.8. The van der Waals surface area contributed by atoms with Crippen LogP contribution in [-0.4, -0.2) is 27.2 Å². The highest BCUT2D eigenvalue weighted by atomic mass is 35.5. The summed E-state index contributed by atoms with van der Waals surface area (Å²) in [6, 6.07) is 14.5. The van der Waals surface area contributed by atoms with E-state index in [-0.39, 0.29) is 31.0 Å². The van der Waals surface area contributed by atoms with E-state index < -0.39 is 0 Å². The summed E-state index contributed by atoms with van der Waals surface area (Å²) in [4.78, 5) is 30.3. The van der Waals surface area contributed by atoms with Crippen molar-refractivity contribution in [1.29, 1.82) is 0 Å². The SMILES string of the molecule is Cc1ccc(NC(=O)Cn2c(-c3ccccc3)nc(C)c(CCO)c2=O)cc1Cl. The zero-order valence-electron chi connectivity index (χ0n) is 16.3. The average Bonchev–Trinajstić information content (AvgIpc) is 2.70. The van der Waals surface area contributed by atoms with Crippen LogP contribution < -0.4 is 10.9 Å². The summed E-state index contributed by atoms with van der Waals surface area (Å²) < 4.78 is 1.35. The van der Waals surface area contributed by atoms with Gasteiger partial charge in [0.25, 0.3) is 5.56 Å². The Morgan fingerprint density at radius 3 is 2.55 bits per heavy atom. The first kappa shape index (κ1) is 20.8. The van der Waals surface area contributed by atoms with E-state index in [0.29, 0.717) is 27.8 Å². The van der Waals surface area contributed by atoms with Gasteiger partial charge in [-0.25, -0.2) is 4.98 Å². The maximum atomic E-state index is 13.1. The largest absolute Gasteiger partial charge is 0.396 e. The summed E-state index contributed by atoms with van der Waals surface area (Å²) in [5.41, 5.74) is 2.80. The third-order valence-electron chi connectivity index (χ3n) is 4.62. The number of aromatic nitrogens is 2. The van der Waals surface area contributed by atoms with Gasteiger partial charge < -0.3 is 10.4 Å². The Hall–Kier alpha value is -2.96. The van der Waals surface area contributed by atoms with E-state index in [1.54, 1.807) is 19.1 Å². The minimum Gasteiger partial charge on any atom is -0.396 e. The van der Waals surface area contributed by atoms with E-state index in [1.807, 2.05) is 43.3 Å². The molecule has 0 bridgehead atoms. The lowest BCUT2D eigenvalue weighted by Crippen LogP contribution is -2.33. The number of nitrogens with zero attached hydrogens (tertiary/aromatic N) is 2. The van der Waals surface area contributed by atoms with Crippen molar-refractivity contribution in [2.75, 3.05) is 11.9 Å². The minimum atomic E-state index is -0.371. The van der Waals surface area contributed by atoms with Crippen LogP contribution >= 0.6 is 11.6 Å². The molecule has 0 aliphatic heterocycles. The molecule has 0 radical (unpaired) electrons. The fourth-order valence-electron chi connectivity index (χ4n) is 3.07. The summed E-state index contributed by atoms with van der Waals surface area (Å²) in [7, 11) is 0. The van der Waals surface area contributed by atoms with Crippen LogP contribution in [0, 0.1) is 13.8 Å². The molecule has 29 heavy (non-hydrogen) atoms. The molecule has 6 nitrogen and oxygen atoms in total. The van der Waals surface area contributed by atoms with Crippen LogP contribution in [0.15, 0.2) is 53.3 Å². The second kappa shape index (κ2) is 9.03. The molecule has 1 amide bonds. The molecule has 0 spiro atoms. The molecule has 3 rings (SSSR count). The number of anilines is 1. The van der Waals surface area contributed by atoms with Crippen LogP contribution in [0.25, 0.3) is 11.4 Å². The van der Waals surface area contributed by atoms with Gasteiger partial charge in [0.2, 0.25) is 5.91 Å². The topological polar surface area (TPSA) is 84.2 Å². The molecular formula is C22H22ClN3O3. The second-order valence-electron chi connectivity index (χ2n) is 6.74. The van der Waals surface area contributed by atoms with E-state index in [2.05, 4.69) is 10.3 Å². The first-order chi connectivity index (χ1) is 13.9. The quantitative estimate of drug-likeness (QED) is 0.651. The maximum Gasteiger partial charge on any atom is 0.257 e. The van der Waals surface area contributed by atoms with Crippen molar-refractivity contribution < 1.29 is 9.90 Å². The molecule has 1 heterocycles. The zero-order valence-corrected chi connectivity index (χ0v) is 17.0. The number of rotatable bonds is 6. The number of halogens is 1. The van der Waals surface area contributed by atoms with Crippen LogP contribution in [0.5, 0.6) is 0 Å². The van der Waals surface area contributed by atoms with E-state index in [0.717, 1.165) is 11.1 Å². The Morgan fingerprint density at radius 2 is 1.90 bits per heavy atom. The van der Waals surface area contributed by atoms with Gasteiger partial charge in [-0.1, -0.05) is 48.0 Å². The van der Waals surface area contributed by atoms with Gasteiger partial charge in [-0.3, -0.25) is 14.2 Å². The second-order valence-corrected chi connectivity index (χ2v) is 7.15. The van der Waals surface area contributed by atoms with E-state index in [1.165, 1.54) is 4.57 Å². The maximum absolute atomic E-state index is 13.1. The number of carbonyl (C=O) groups excluding carboxylic acids is 1. The Morgan fingerprint density at radius 1 is 1.17 bits per heavy atom. The number of carbonyl (C=O) groups is 1. The fraction of sp³-hybridized carbons (Fsp3) is 0.227. The Kier molecular flexibility index (Phi) is 6.46. The summed E-state index contributed by atoms with van der Waals surface area (Å²) in [6.07, 6.45) is 0.182. The predicted molar refractivity (Wildman–Crippen MR) is 114 cm³/mol. The zero-order chi connectivity index (χ0) is 21.0. The third-order valence-corrected chi connectivity index (χ3v) is 5.03. The van der Waals surface area contributed by atoms with E-state index in [4.69, 9.17) is 11.6 Å². The number of aryl methyl sites for hydroxylation is 2. The number of benzene rings is 2. The molecule has 2 N–H and O–H groups in total. The molecule has 2 aromatic carbocycles. The standard InChI is InChI=1S/C22H22ClN3O3/c1-14-8-9-17(12-19(14)23)25-20(28)13-26-21(16-6-4-3-5-7-16)24-15(2)18(10-11-27)22(26)29/h3-9,12,27H,10-11,13H2,1-2H3,(H,25,28). The first-order valence-corrected chi connectivity index (χ1v) is 9.61. The molecule has 0 aliphatic carbocycles. The third kappa shape index (κ3) is 4.72. The summed E-state index contributed by atoms with van der Waals surface area (Å²) >= 11 is 6.12. The van der Waals surface area contributed by atoms with Crippen LogP contribution in [0.3, 0.4) is 0 Å². The number of aliphatic hydroxyl groups excluding tert-OH is 1. The summed E-state index contributed by atoms with van der Waals surface area (Å²) in [5, 5.41) is 12.6. The summed E-state index contributed by atoms with van der Waals surface area (Å²) in [6.45, 7) is 3.23.